The van der Waals surface area contributed by atoms with E-state index in [2.05, 4.69) is 15.0 Å². The maximum atomic E-state index is 13.1. The van der Waals surface area contributed by atoms with Crippen LogP contribution in [0.3, 0.4) is 0 Å². The fraction of sp³-hybridized carbons (Fsp3) is 0.240. The molecule has 2 heterocycles. The lowest BCUT2D eigenvalue weighted by Gasteiger charge is -2.09. The monoisotopic (exact) mass is 414 g/mol. The van der Waals surface area contributed by atoms with Crippen molar-refractivity contribution in [1.82, 2.24) is 19.7 Å². The zero-order valence-corrected chi connectivity index (χ0v) is 17.8. The summed E-state index contributed by atoms with van der Waals surface area (Å²) >= 11 is 0. The molecule has 0 atom stereocenters. The second-order valence-electron chi connectivity index (χ2n) is 7.67. The standard InChI is InChI=1S/C25H26N4O2/c1-18-22-17-27-29(21-12-7-4-8-13-21)25(31)24(22)19(2)28(18)15-9-14-23(30)26-16-20-10-5-3-6-11-20/h3-8,10-13,17H,9,14-16H2,1-2H3,(H,26,30). The first-order valence-electron chi connectivity index (χ1n) is 10.5. The number of fused-ring (bicyclic) bond motifs is 1. The molecule has 2 aromatic carbocycles. The summed E-state index contributed by atoms with van der Waals surface area (Å²) in [5.41, 5.74) is 3.62. The maximum absolute atomic E-state index is 13.1. The predicted molar refractivity (Wildman–Crippen MR) is 122 cm³/mol. The van der Waals surface area contributed by atoms with Crippen LogP contribution in [0, 0.1) is 13.8 Å². The lowest BCUT2D eigenvalue weighted by atomic mass is 10.2. The van der Waals surface area contributed by atoms with Crippen LogP contribution in [0.2, 0.25) is 0 Å². The Morgan fingerprint density at radius 3 is 2.35 bits per heavy atom. The third kappa shape index (κ3) is 4.28. The van der Waals surface area contributed by atoms with Crippen LogP contribution in [0.5, 0.6) is 0 Å². The van der Waals surface area contributed by atoms with Crippen LogP contribution in [-0.2, 0) is 17.9 Å². The Morgan fingerprint density at radius 2 is 1.65 bits per heavy atom. The molecule has 158 valence electrons. The molecule has 4 aromatic rings. The van der Waals surface area contributed by atoms with Crippen molar-refractivity contribution in [3.8, 4) is 5.69 Å². The molecule has 4 rings (SSSR count). The van der Waals surface area contributed by atoms with Crippen LogP contribution in [-0.4, -0.2) is 20.3 Å². The number of para-hydroxylation sites is 1. The molecule has 1 N–H and O–H groups in total. The second kappa shape index (κ2) is 9.00. The first kappa shape index (κ1) is 20.6. The molecular formula is C25H26N4O2. The molecule has 0 saturated carbocycles. The van der Waals surface area contributed by atoms with E-state index in [1.807, 2.05) is 74.5 Å². The molecule has 2 aromatic heterocycles. The summed E-state index contributed by atoms with van der Waals surface area (Å²) in [6, 6.07) is 19.3. The topological polar surface area (TPSA) is 68.9 Å². The Morgan fingerprint density at radius 1 is 0.968 bits per heavy atom. The summed E-state index contributed by atoms with van der Waals surface area (Å²) in [5.74, 6) is 0.0315. The second-order valence-corrected chi connectivity index (χ2v) is 7.67. The number of nitrogens with one attached hydrogen (secondary N) is 1. The SMILES string of the molecule is Cc1c2cnn(-c3ccccc3)c(=O)c2c(C)n1CCCC(=O)NCc1ccccc1. The van der Waals surface area contributed by atoms with Gasteiger partial charge in [0.15, 0.2) is 0 Å². The van der Waals surface area contributed by atoms with Crippen molar-refractivity contribution in [3.05, 3.63) is 94.2 Å². The number of hydrogen-bond donors (Lipinski definition) is 1. The summed E-state index contributed by atoms with van der Waals surface area (Å²) in [7, 11) is 0. The molecule has 0 spiro atoms. The fourth-order valence-electron chi connectivity index (χ4n) is 3.98. The van der Waals surface area contributed by atoms with Gasteiger partial charge < -0.3 is 9.88 Å². The number of amides is 1. The van der Waals surface area contributed by atoms with Crippen LogP contribution >= 0.6 is 0 Å². The number of aryl methyl sites for hydroxylation is 2. The highest BCUT2D eigenvalue weighted by Crippen LogP contribution is 2.23. The minimum atomic E-state index is -0.122. The Bertz CT molecular complexity index is 1260. The summed E-state index contributed by atoms with van der Waals surface area (Å²) < 4.78 is 3.56. The number of benzene rings is 2. The zero-order valence-electron chi connectivity index (χ0n) is 17.8. The highest BCUT2D eigenvalue weighted by atomic mass is 16.1. The van der Waals surface area contributed by atoms with Gasteiger partial charge in [-0.25, -0.2) is 0 Å². The number of nitrogens with zero attached hydrogens (tertiary/aromatic N) is 3. The van der Waals surface area contributed by atoms with Gasteiger partial charge in [0.25, 0.3) is 5.56 Å². The summed E-state index contributed by atoms with van der Waals surface area (Å²) in [5, 5.41) is 8.89. The molecule has 0 radical (unpaired) electrons. The normalized spacial score (nSPS) is 11.0. The van der Waals surface area contributed by atoms with E-state index in [9.17, 15) is 9.59 Å². The molecule has 0 aliphatic carbocycles. The smallest absolute Gasteiger partial charge is 0.281 e. The molecule has 0 unspecified atom stereocenters. The van der Waals surface area contributed by atoms with Crippen LogP contribution < -0.4 is 10.9 Å². The van der Waals surface area contributed by atoms with E-state index in [0.717, 1.165) is 28.0 Å². The molecule has 6 heteroatoms. The van der Waals surface area contributed by atoms with Crippen molar-refractivity contribution in [2.75, 3.05) is 0 Å². The van der Waals surface area contributed by atoms with Crippen LogP contribution in [0.25, 0.3) is 16.5 Å². The van der Waals surface area contributed by atoms with Crippen molar-refractivity contribution in [2.24, 2.45) is 0 Å². The molecule has 0 fully saturated rings. The number of carbonyl (C=O) groups is 1. The van der Waals surface area contributed by atoms with Crippen molar-refractivity contribution < 1.29 is 4.79 Å². The lowest BCUT2D eigenvalue weighted by molar-refractivity contribution is -0.121. The molecule has 0 aliphatic rings. The number of aromatic nitrogens is 3. The first-order valence-corrected chi connectivity index (χ1v) is 10.5. The van der Waals surface area contributed by atoms with E-state index in [-0.39, 0.29) is 11.5 Å². The highest BCUT2D eigenvalue weighted by molar-refractivity contribution is 5.87. The van der Waals surface area contributed by atoms with Crippen molar-refractivity contribution >= 4 is 16.7 Å². The molecule has 0 bridgehead atoms. The molecule has 0 aliphatic heterocycles. The third-order valence-corrected chi connectivity index (χ3v) is 5.66. The minimum Gasteiger partial charge on any atom is -0.352 e. The van der Waals surface area contributed by atoms with E-state index in [1.54, 1.807) is 6.20 Å². The molecule has 6 nitrogen and oxygen atoms in total. The van der Waals surface area contributed by atoms with Crippen molar-refractivity contribution in [3.63, 3.8) is 0 Å². The van der Waals surface area contributed by atoms with Crippen molar-refractivity contribution in [2.45, 2.75) is 39.8 Å². The van der Waals surface area contributed by atoms with E-state index >= 15 is 0 Å². The molecule has 1 amide bonds. The zero-order chi connectivity index (χ0) is 21.8. The van der Waals surface area contributed by atoms with E-state index < -0.39 is 0 Å². The Kier molecular flexibility index (Phi) is 5.98. The van der Waals surface area contributed by atoms with Gasteiger partial charge >= 0.3 is 0 Å². The van der Waals surface area contributed by atoms with Gasteiger partial charge in [-0.15, -0.1) is 0 Å². The Labute approximate surface area is 181 Å². The Balaban J connectivity index is 1.47. The van der Waals surface area contributed by atoms with Gasteiger partial charge in [-0.1, -0.05) is 48.5 Å². The first-order chi connectivity index (χ1) is 15.1. The van der Waals surface area contributed by atoms with Crippen molar-refractivity contribution in [1.29, 1.82) is 0 Å². The van der Waals surface area contributed by atoms with Gasteiger partial charge in [-0.2, -0.15) is 9.78 Å². The number of carbonyl (C=O) groups excluding carboxylic acids is 1. The average Bonchev–Trinajstić information content (AvgIpc) is 3.04. The summed E-state index contributed by atoms with van der Waals surface area (Å²) in [6.45, 7) is 5.17. The fourth-order valence-corrected chi connectivity index (χ4v) is 3.98. The van der Waals surface area contributed by atoms with E-state index in [0.29, 0.717) is 31.3 Å². The minimum absolute atomic E-state index is 0.0315. The predicted octanol–water partition coefficient (Wildman–Crippen LogP) is 3.90. The van der Waals surface area contributed by atoms with Gasteiger partial charge in [0.1, 0.15) is 0 Å². The molecule has 0 saturated heterocycles. The van der Waals surface area contributed by atoms with E-state index in [1.165, 1.54) is 4.68 Å². The Hall–Kier alpha value is -3.67. The quantitative estimate of drug-likeness (QED) is 0.499. The molecule has 31 heavy (non-hydrogen) atoms. The van der Waals surface area contributed by atoms with Gasteiger partial charge in [0.05, 0.1) is 17.3 Å². The van der Waals surface area contributed by atoms with Crippen LogP contribution in [0.1, 0.15) is 29.8 Å². The summed E-state index contributed by atoms with van der Waals surface area (Å²) in [6.07, 6.45) is 2.89. The highest BCUT2D eigenvalue weighted by Gasteiger charge is 2.16. The van der Waals surface area contributed by atoms with Gasteiger partial charge in [-0.05, 0) is 38.0 Å². The maximum Gasteiger partial charge on any atom is 0.281 e. The van der Waals surface area contributed by atoms with Crippen LogP contribution in [0.15, 0.2) is 71.7 Å². The summed E-state index contributed by atoms with van der Waals surface area (Å²) in [4.78, 5) is 25.4. The van der Waals surface area contributed by atoms with Crippen LogP contribution in [0.4, 0.5) is 0 Å². The van der Waals surface area contributed by atoms with Gasteiger partial charge in [-0.3, -0.25) is 9.59 Å². The largest absolute Gasteiger partial charge is 0.352 e. The van der Waals surface area contributed by atoms with Gasteiger partial charge in [0.2, 0.25) is 5.91 Å². The average molecular weight is 415 g/mol. The number of rotatable bonds is 7. The number of hydrogen-bond acceptors (Lipinski definition) is 3. The third-order valence-electron chi connectivity index (χ3n) is 5.66. The molecular weight excluding hydrogens is 388 g/mol. The van der Waals surface area contributed by atoms with E-state index in [4.69, 9.17) is 0 Å². The van der Waals surface area contributed by atoms with Gasteiger partial charge in [0, 0.05) is 36.3 Å². The lowest BCUT2D eigenvalue weighted by Crippen LogP contribution is -2.23.